The van der Waals surface area contributed by atoms with Gasteiger partial charge in [-0.05, 0) is 30.2 Å². The van der Waals surface area contributed by atoms with Crippen molar-refractivity contribution in [1.29, 1.82) is 5.26 Å². The first kappa shape index (κ1) is 12.7. The fraction of sp³-hybridized carbons (Fsp3) is 0.222. The molecule has 0 spiro atoms. The summed E-state index contributed by atoms with van der Waals surface area (Å²) in [4.78, 5) is 0. The summed E-state index contributed by atoms with van der Waals surface area (Å²) in [7, 11) is 0. The Balaban J connectivity index is 2.62. The molecule has 0 radical (unpaired) electrons. The molecular weight excluding hydrogens is 273 g/mol. The molecule has 15 heavy (non-hydrogen) atoms. The molecule has 0 aliphatic carbocycles. The van der Waals surface area contributed by atoms with Crippen LogP contribution in [0.2, 0.25) is 6.04 Å². The second-order valence-electron chi connectivity index (χ2n) is 2.96. The number of halogens is 3. The fourth-order valence-corrected chi connectivity index (χ4v) is 2.53. The SMILES string of the molecule is N#COc1cccc(CC[Si](Cl)(Cl)Cl)c1. The third-order valence-electron chi connectivity index (χ3n) is 1.76. The largest absolute Gasteiger partial charge is 0.388 e. The molecule has 1 aromatic rings. The lowest BCUT2D eigenvalue weighted by Crippen LogP contribution is -2.09. The Morgan fingerprint density at radius 1 is 1.33 bits per heavy atom. The maximum absolute atomic E-state index is 8.34. The zero-order chi connectivity index (χ0) is 11.3. The number of hydrogen-bond acceptors (Lipinski definition) is 2. The average molecular weight is 281 g/mol. The highest BCUT2D eigenvalue weighted by Gasteiger charge is 2.24. The van der Waals surface area contributed by atoms with Crippen LogP contribution in [0.25, 0.3) is 0 Å². The monoisotopic (exact) mass is 279 g/mol. The molecule has 0 bridgehead atoms. The zero-order valence-corrected chi connectivity index (χ0v) is 11.0. The molecule has 0 N–H and O–H groups in total. The summed E-state index contributed by atoms with van der Waals surface area (Å²) in [5, 5.41) is 8.34. The van der Waals surface area contributed by atoms with E-state index in [0.717, 1.165) is 5.56 Å². The highest BCUT2D eigenvalue weighted by Crippen LogP contribution is 2.27. The van der Waals surface area contributed by atoms with Gasteiger partial charge in [0.05, 0.1) is 0 Å². The quantitative estimate of drug-likeness (QED) is 0.478. The fourth-order valence-electron chi connectivity index (χ4n) is 1.10. The van der Waals surface area contributed by atoms with Crippen molar-refractivity contribution in [2.24, 2.45) is 0 Å². The molecule has 80 valence electrons. The maximum Gasteiger partial charge on any atom is 0.341 e. The van der Waals surface area contributed by atoms with Crippen molar-refractivity contribution in [1.82, 2.24) is 0 Å². The van der Waals surface area contributed by atoms with Crippen molar-refractivity contribution in [3.63, 3.8) is 0 Å². The number of benzene rings is 1. The highest BCUT2D eigenvalue weighted by molar-refractivity contribution is 7.64. The number of nitriles is 1. The van der Waals surface area contributed by atoms with Gasteiger partial charge in [-0.25, -0.2) is 0 Å². The van der Waals surface area contributed by atoms with Gasteiger partial charge in [0.25, 0.3) is 6.26 Å². The number of nitrogens with zero attached hydrogens (tertiary/aromatic N) is 1. The van der Waals surface area contributed by atoms with Gasteiger partial charge in [0.1, 0.15) is 5.75 Å². The van der Waals surface area contributed by atoms with Gasteiger partial charge in [0.15, 0.2) is 0 Å². The van der Waals surface area contributed by atoms with Crippen molar-refractivity contribution in [3.05, 3.63) is 29.8 Å². The highest BCUT2D eigenvalue weighted by atomic mass is 35.8. The zero-order valence-electron chi connectivity index (χ0n) is 7.71. The van der Waals surface area contributed by atoms with Crippen molar-refractivity contribution in [2.75, 3.05) is 0 Å². The van der Waals surface area contributed by atoms with Gasteiger partial charge in [0, 0.05) is 0 Å². The number of hydrogen-bond donors (Lipinski definition) is 0. The first-order valence-corrected chi connectivity index (χ1v) is 9.47. The second-order valence-corrected chi connectivity index (χ2v) is 12.2. The van der Waals surface area contributed by atoms with Crippen LogP contribution < -0.4 is 4.74 Å². The Kier molecular flexibility index (Phi) is 4.74. The van der Waals surface area contributed by atoms with Crippen molar-refractivity contribution in [3.8, 4) is 12.0 Å². The lowest BCUT2D eigenvalue weighted by molar-refractivity contribution is 0.506. The summed E-state index contributed by atoms with van der Waals surface area (Å²) in [6.07, 6.45) is 2.30. The predicted octanol–water partition coefficient (Wildman–Crippen LogP) is 3.74. The molecule has 0 saturated heterocycles. The van der Waals surface area contributed by atoms with Gasteiger partial charge >= 0.3 is 6.00 Å². The van der Waals surface area contributed by atoms with Crippen LogP contribution in [-0.4, -0.2) is 6.00 Å². The molecule has 6 heteroatoms. The van der Waals surface area contributed by atoms with Crippen LogP contribution in [0, 0.1) is 11.5 Å². The lowest BCUT2D eigenvalue weighted by atomic mass is 10.2. The van der Waals surface area contributed by atoms with E-state index >= 15 is 0 Å². The molecule has 0 aliphatic rings. The molecule has 0 aromatic heterocycles. The van der Waals surface area contributed by atoms with Crippen LogP contribution in [0.15, 0.2) is 24.3 Å². The third-order valence-corrected chi connectivity index (χ3v) is 4.28. The molecule has 0 fully saturated rings. The molecule has 1 rings (SSSR count). The van der Waals surface area contributed by atoms with E-state index in [0.29, 0.717) is 18.2 Å². The average Bonchev–Trinajstić information content (AvgIpc) is 2.15. The third kappa shape index (κ3) is 5.29. The first-order valence-electron chi connectivity index (χ1n) is 4.23. The molecule has 1 aromatic carbocycles. The second kappa shape index (κ2) is 5.62. The Morgan fingerprint density at radius 3 is 2.67 bits per heavy atom. The first-order chi connectivity index (χ1) is 7.01. The minimum Gasteiger partial charge on any atom is -0.388 e. The van der Waals surface area contributed by atoms with Crippen LogP contribution in [-0.2, 0) is 6.42 Å². The van der Waals surface area contributed by atoms with Gasteiger partial charge in [-0.15, -0.1) is 38.5 Å². The number of aryl methyl sites for hydroxylation is 1. The van der Waals surface area contributed by atoms with Gasteiger partial charge in [-0.1, -0.05) is 12.1 Å². The molecular formula is C9H8Cl3NOSi. The summed E-state index contributed by atoms with van der Waals surface area (Å²) >= 11 is 17.3. The molecule has 0 saturated carbocycles. The van der Waals surface area contributed by atoms with E-state index in [9.17, 15) is 0 Å². The smallest absolute Gasteiger partial charge is 0.341 e. The van der Waals surface area contributed by atoms with Crippen LogP contribution in [0.4, 0.5) is 0 Å². The van der Waals surface area contributed by atoms with Crippen molar-refractivity contribution in [2.45, 2.75) is 12.5 Å². The molecule has 0 atom stereocenters. The summed E-state index contributed by atoms with van der Waals surface area (Å²) in [6.45, 7) is 0. The van der Waals surface area contributed by atoms with Crippen molar-refractivity contribution >= 4 is 39.2 Å². The Morgan fingerprint density at radius 2 is 2.07 bits per heavy atom. The van der Waals surface area contributed by atoms with Crippen LogP contribution in [0.3, 0.4) is 0 Å². The van der Waals surface area contributed by atoms with Crippen LogP contribution >= 0.6 is 33.2 Å². The standard InChI is InChI=1S/C9H8Cl3NOSi/c10-15(11,12)5-4-8-2-1-3-9(6-8)14-7-13/h1-3,6H,4-5H2. The summed E-state index contributed by atoms with van der Waals surface area (Å²) in [5.74, 6) is 0.515. The molecule has 0 amide bonds. The van der Waals surface area contributed by atoms with Gasteiger partial charge in [0.2, 0.25) is 0 Å². The molecule has 0 heterocycles. The topological polar surface area (TPSA) is 33.0 Å². The van der Waals surface area contributed by atoms with E-state index in [4.69, 9.17) is 43.2 Å². The lowest BCUT2D eigenvalue weighted by Gasteiger charge is -2.07. The van der Waals surface area contributed by atoms with Crippen molar-refractivity contribution < 1.29 is 4.74 Å². The van der Waals surface area contributed by atoms with Gasteiger partial charge in [-0.3, -0.25) is 0 Å². The van der Waals surface area contributed by atoms with E-state index in [1.165, 1.54) is 0 Å². The molecule has 2 nitrogen and oxygen atoms in total. The number of rotatable bonds is 4. The van der Waals surface area contributed by atoms with E-state index in [2.05, 4.69) is 0 Å². The number of ether oxygens (including phenoxy) is 1. The Hall–Kier alpha value is -0.403. The van der Waals surface area contributed by atoms with Crippen LogP contribution in [0.5, 0.6) is 5.75 Å². The Bertz CT molecular complexity index is 372. The van der Waals surface area contributed by atoms with Gasteiger partial charge in [-0.2, -0.15) is 0 Å². The predicted molar refractivity (Wildman–Crippen MR) is 64.5 cm³/mol. The summed E-state index contributed by atoms with van der Waals surface area (Å²) < 4.78 is 4.70. The minimum atomic E-state index is -2.57. The van der Waals surface area contributed by atoms with E-state index < -0.39 is 6.00 Å². The van der Waals surface area contributed by atoms with Gasteiger partial charge < -0.3 is 4.74 Å². The maximum atomic E-state index is 8.34. The molecule has 0 aliphatic heterocycles. The normalized spacial score (nSPS) is 10.8. The van der Waals surface area contributed by atoms with Crippen LogP contribution in [0.1, 0.15) is 5.56 Å². The minimum absolute atomic E-state index is 0.515. The van der Waals surface area contributed by atoms with E-state index in [1.54, 1.807) is 18.4 Å². The summed E-state index contributed by atoms with van der Waals surface area (Å²) in [6, 6.07) is 5.20. The molecule has 0 unspecified atom stereocenters. The Labute approximate surface area is 103 Å². The van der Waals surface area contributed by atoms with E-state index in [-0.39, 0.29) is 0 Å². The van der Waals surface area contributed by atoms with E-state index in [1.807, 2.05) is 12.1 Å². The summed E-state index contributed by atoms with van der Waals surface area (Å²) in [5.41, 5.74) is 1.00.